The summed E-state index contributed by atoms with van der Waals surface area (Å²) in [5.74, 6) is -0.302. The summed E-state index contributed by atoms with van der Waals surface area (Å²) >= 11 is 0. The maximum Gasteiger partial charge on any atom is 0.330 e. The molecule has 0 spiro atoms. The zero-order valence-corrected chi connectivity index (χ0v) is 13.4. The van der Waals surface area contributed by atoms with Crippen LogP contribution in [0.3, 0.4) is 0 Å². The minimum atomic E-state index is -0.600. The van der Waals surface area contributed by atoms with E-state index in [0.29, 0.717) is 13.1 Å². The molecule has 124 valence electrons. The van der Waals surface area contributed by atoms with Crippen LogP contribution in [0.4, 0.5) is 11.5 Å². The molecule has 0 aromatic carbocycles. The third-order valence-corrected chi connectivity index (χ3v) is 3.20. The number of aromatic nitrogens is 2. The average molecular weight is 311 g/mol. The van der Waals surface area contributed by atoms with Crippen LogP contribution in [-0.2, 0) is 11.3 Å². The summed E-state index contributed by atoms with van der Waals surface area (Å²) in [6, 6.07) is 0. The molecule has 0 atom stereocenters. The van der Waals surface area contributed by atoms with Gasteiger partial charge in [0.1, 0.15) is 11.5 Å². The van der Waals surface area contributed by atoms with Crippen LogP contribution < -0.4 is 27.6 Å². The van der Waals surface area contributed by atoms with Gasteiger partial charge in [0.05, 0.1) is 6.54 Å². The van der Waals surface area contributed by atoms with Gasteiger partial charge in [0.2, 0.25) is 5.91 Å². The number of unbranched alkanes of at least 4 members (excludes halogenated alkanes) is 1. The number of hydrogen-bond donors (Lipinski definition) is 3. The van der Waals surface area contributed by atoms with Crippen molar-refractivity contribution in [1.29, 1.82) is 0 Å². The first kappa shape index (κ1) is 17.8. The van der Waals surface area contributed by atoms with E-state index in [0.717, 1.165) is 12.8 Å². The summed E-state index contributed by atoms with van der Waals surface area (Å²) in [7, 11) is 0. The lowest BCUT2D eigenvalue weighted by Gasteiger charge is -2.26. The van der Waals surface area contributed by atoms with E-state index in [1.54, 1.807) is 0 Å². The van der Waals surface area contributed by atoms with Crippen molar-refractivity contribution in [2.75, 3.05) is 23.7 Å². The Morgan fingerprint density at radius 3 is 2.50 bits per heavy atom. The van der Waals surface area contributed by atoms with Gasteiger partial charge in [-0.3, -0.25) is 19.1 Å². The third-order valence-electron chi connectivity index (χ3n) is 3.20. The molecule has 1 amide bonds. The molecule has 0 aliphatic rings. The van der Waals surface area contributed by atoms with Crippen molar-refractivity contribution in [3.05, 3.63) is 20.8 Å². The monoisotopic (exact) mass is 311 g/mol. The van der Waals surface area contributed by atoms with Crippen molar-refractivity contribution >= 4 is 17.4 Å². The van der Waals surface area contributed by atoms with Gasteiger partial charge in [-0.1, -0.05) is 27.2 Å². The van der Waals surface area contributed by atoms with Crippen LogP contribution >= 0.6 is 0 Å². The lowest BCUT2D eigenvalue weighted by molar-refractivity contribution is -0.116. The predicted octanol–water partition coefficient (Wildman–Crippen LogP) is -0.133. The van der Waals surface area contributed by atoms with E-state index in [1.165, 1.54) is 9.47 Å². The number of nitrogen functional groups attached to an aromatic ring is 1. The minimum Gasteiger partial charge on any atom is -0.383 e. The summed E-state index contributed by atoms with van der Waals surface area (Å²) in [4.78, 5) is 39.1. The molecular formula is C14H25N5O3. The van der Waals surface area contributed by atoms with Gasteiger partial charge >= 0.3 is 5.69 Å². The van der Waals surface area contributed by atoms with Crippen LogP contribution in [0, 0.1) is 5.92 Å². The van der Waals surface area contributed by atoms with Crippen LogP contribution in [-0.4, -0.2) is 28.5 Å². The zero-order chi connectivity index (χ0) is 16.9. The van der Waals surface area contributed by atoms with Crippen molar-refractivity contribution < 1.29 is 4.79 Å². The Morgan fingerprint density at radius 2 is 2.00 bits per heavy atom. The molecule has 0 aliphatic heterocycles. The molecule has 22 heavy (non-hydrogen) atoms. The molecule has 8 nitrogen and oxygen atoms in total. The summed E-state index contributed by atoms with van der Waals surface area (Å²) in [5, 5.41) is 0. The van der Waals surface area contributed by atoms with Gasteiger partial charge in [-0.2, -0.15) is 0 Å². The Balaban J connectivity index is 3.38. The van der Waals surface area contributed by atoms with Crippen LogP contribution in [0.2, 0.25) is 0 Å². The highest BCUT2D eigenvalue weighted by Gasteiger charge is 2.20. The Labute approximate surface area is 129 Å². The van der Waals surface area contributed by atoms with Crippen LogP contribution in [0.1, 0.15) is 33.6 Å². The topological polar surface area (TPSA) is 127 Å². The number of amides is 1. The quantitative estimate of drug-likeness (QED) is 0.616. The molecule has 0 bridgehead atoms. The zero-order valence-electron chi connectivity index (χ0n) is 13.4. The standard InChI is InChI=1S/C14H25N5O3/c1-4-5-6-19-12(16)11(13(21)17-14(19)22)18(7-9(2)3)8-10(15)20/h9H,4-8,16H2,1-3H3,(H2,15,20)(H,17,21,22). The number of hydrogen-bond acceptors (Lipinski definition) is 5. The van der Waals surface area contributed by atoms with Gasteiger partial charge in [0, 0.05) is 13.1 Å². The average Bonchev–Trinajstić information content (AvgIpc) is 2.36. The molecule has 0 unspecified atom stereocenters. The van der Waals surface area contributed by atoms with Crippen molar-refractivity contribution in [3.63, 3.8) is 0 Å². The second kappa shape index (κ2) is 7.67. The number of nitrogens with two attached hydrogens (primary N) is 2. The number of rotatable bonds is 8. The van der Waals surface area contributed by atoms with Gasteiger partial charge in [-0.25, -0.2) is 4.79 Å². The number of nitrogens with zero attached hydrogens (tertiary/aromatic N) is 2. The van der Waals surface area contributed by atoms with Crippen LogP contribution in [0.25, 0.3) is 0 Å². The minimum absolute atomic E-state index is 0.0732. The molecule has 0 aliphatic carbocycles. The lowest BCUT2D eigenvalue weighted by Crippen LogP contribution is -2.43. The Hall–Kier alpha value is -2.25. The van der Waals surface area contributed by atoms with Gasteiger partial charge in [0.25, 0.3) is 5.56 Å². The number of nitrogens with one attached hydrogen (secondary N) is 1. The molecule has 1 rings (SSSR count). The fraction of sp³-hybridized carbons (Fsp3) is 0.643. The molecular weight excluding hydrogens is 286 g/mol. The van der Waals surface area contributed by atoms with E-state index in [2.05, 4.69) is 4.98 Å². The second-order valence-corrected chi connectivity index (χ2v) is 5.74. The van der Waals surface area contributed by atoms with E-state index in [9.17, 15) is 14.4 Å². The maximum absolute atomic E-state index is 12.1. The van der Waals surface area contributed by atoms with E-state index in [1.807, 2.05) is 20.8 Å². The Kier molecular flexibility index (Phi) is 6.21. The first-order valence-corrected chi connectivity index (χ1v) is 7.43. The molecule has 1 aromatic rings. The smallest absolute Gasteiger partial charge is 0.330 e. The van der Waals surface area contributed by atoms with Crippen molar-refractivity contribution in [3.8, 4) is 0 Å². The predicted molar refractivity (Wildman–Crippen MR) is 86.9 cm³/mol. The SMILES string of the molecule is CCCCn1c(N)c(N(CC(N)=O)CC(C)C)c(=O)[nH]c1=O. The highest BCUT2D eigenvalue weighted by atomic mass is 16.2. The fourth-order valence-electron chi connectivity index (χ4n) is 2.28. The molecule has 0 fully saturated rings. The highest BCUT2D eigenvalue weighted by molar-refractivity contribution is 5.80. The Morgan fingerprint density at radius 1 is 1.36 bits per heavy atom. The number of anilines is 2. The van der Waals surface area contributed by atoms with E-state index >= 15 is 0 Å². The van der Waals surface area contributed by atoms with E-state index in [4.69, 9.17) is 11.5 Å². The number of carbonyl (C=O) groups is 1. The van der Waals surface area contributed by atoms with Crippen molar-refractivity contribution in [1.82, 2.24) is 9.55 Å². The first-order valence-electron chi connectivity index (χ1n) is 7.43. The molecule has 1 heterocycles. The normalized spacial score (nSPS) is 10.9. The largest absolute Gasteiger partial charge is 0.383 e. The third kappa shape index (κ3) is 4.37. The van der Waals surface area contributed by atoms with Gasteiger partial charge in [-0.15, -0.1) is 0 Å². The molecule has 8 heteroatoms. The fourth-order valence-corrected chi connectivity index (χ4v) is 2.28. The molecule has 1 aromatic heterocycles. The number of H-pyrrole nitrogens is 1. The summed E-state index contributed by atoms with van der Waals surface area (Å²) in [6.07, 6.45) is 1.65. The number of primary amides is 1. The molecule has 0 saturated carbocycles. The van der Waals surface area contributed by atoms with Crippen molar-refractivity contribution in [2.45, 2.75) is 40.2 Å². The van der Waals surface area contributed by atoms with E-state index < -0.39 is 17.2 Å². The van der Waals surface area contributed by atoms with Gasteiger partial charge < -0.3 is 16.4 Å². The second-order valence-electron chi connectivity index (χ2n) is 5.74. The summed E-state index contributed by atoms with van der Waals surface area (Å²) in [6.45, 7) is 6.61. The summed E-state index contributed by atoms with van der Waals surface area (Å²) in [5.41, 5.74) is 10.3. The lowest BCUT2D eigenvalue weighted by atomic mass is 10.2. The molecule has 0 radical (unpaired) electrons. The van der Waals surface area contributed by atoms with Gasteiger partial charge in [-0.05, 0) is 12.3 Å². The van der Waals surface area contributed by atoms with E-state index in [-0.39, 0.29) is 24.0 Å². The van der Waals surface area contributed by atoms with Crippen LogP contribution in [0.5, 0.6) is 0 Å². The highest BCUT2D eigenvalue weighted by Crippen LogP contribution is 2.18. The van der Waals surface area contributed by atoms with Crippen molar-refractivity contribution in [2.24, 2.45) is 11.7 Å². The number of carbonyl (C=O) groups excluding carboxylic acids is 1. The van der Waals surface area contributed by atoms with Crippen LogP contribution in [0.15, 0.2) is 9.59 Å². The molecule has 5 N–H and O–H groups in total. The first-order chi connectivity index (χ1) is 10.3. The van der Waals surface area contributed by atoms with Gasteiger partial charge in [0.15, 0.2) is 0 Å². The summed E-state index contributed by atoms with van der Waals surface area (Å²) < 4.78 is 1.33. The molecule has 0 saturated heterocycles. The Bertz CT molecular complexity index is 632. The number of aromatic amines is 1. The maximum atomic E-state index is 12.1.